The Kier molecular flexibility index (Phi) is 22.1. The van der Waals surface area contributed by atoms with Gasteiger partial charge in [-0.15, -0.1) is 0 Å². The number of pyridine rings is 5. The Morgan fingerprint density at radius 3 is 0.882 bits per heavy atom. The van der Waals surface area contributed by atoms with Gasteiger partial charge >= 0.3 is 0 Å². The van der Waals surface area contributed by atoms with Gasteiger partial charge in [0.25, 0.3) is 0 Å². The largest absolute Gasteiger partial charge is 0.435 e. The molecular weight excluding hydrogens is 1680 g/mol. The lowest BCUT2D eigenvalue weighted by molar-refractivity contribution is 0.263. The zero-order chi connectivity index (χ0) is 94.2. The van der Waals surface area contributed by atoms with E-state index in [0.717, 1.165) is 139 Å². The van der Waals surface area contributed by atoms with Gasteiger partial charge in [-0.3, -0.25) is 0 Å². The molecule has 5 aliphatic heterocycles. The summed E-state index contributed by atoms with van der Waals surface area (Å²) in [5.74, 6) is 0. The van der Waals surface area contributed by atoms with Crippen LogP contribution in [0, 0.1) is 69.2 Å². The lowest BCUT2D eigenvalue weighted by Gasteiger charge is -2.33. The highest BCUT2D eigenvalue weighted by Gasteiger charge is 2.41. The van der Waals surface area contributed by atoms with Gasteiger partial charge in [0.05, 0.1) is 62.6 Å². The number of fused-ring (bicyclic) bond motifs is 18. The third kappa shape index (κ3) is 14.7. The second-order valence-electron chi connectivity index (χ2n) is 37.3. The summed E-state index contributed by atoms with van der Waals surface area (Å²) in [4.78, 5) is 46.5. The third-order valence-corrected chi connectivity index (χ3v) is 27.8. The average Bonchev–Trinajstić information content (AvgIpc) is 1.59. The van der Waals surface area contributed by atoms with E-state index in [1.54, 1.807) is 0 Å². The molecule has 5 unspecified atom stereocenters. The summed E-state index contributed by atoms with van der Waals surface area (Å²) < 4.78 is 31.5. The van der Waals surface area contributed by atoms with Crippen molar-refractivity contribution >= 4 is 184 Å². The zero-order valence-electron chi connectivity index (χ0n) is 80.8. The molecule has 20 nitrogen and oxygen atoms in total. The second-order valence-corrected chi connectivity index (χ2v) is 37.3. The Labute approximate surface area is 792 Å². The van der Waals surface area contributed by atoms with E-state index >= 15 is 0 Å². The number of hydrogen-bond donors (Lipinski definition) is 0. The molecule has 0 amide bonds. The summed E-state index contributed by atoms with van der Waals surface area (Å²) in [5, 5.41) is 10.9. The SMILES string of the molecule is Cc1ccc2c(n1)oc1c(N3C=CN(C(C)C)C3C)c(C)ccc12.Cc1ccc2c(n1)oc1c(N3C=CN(c4ccccc4)C3C)c(C)ccc12.Cc1ccc2c(n1)oc1c(N3c4ccccc4N(C(C)C)C3C)c(C)ccc12.Cc1ccc2c(n1)oc1c(N3c4ccccc4N(C)C3C)c(C)ccc12.Cc1ccc2c(n1)oc1c(N3c4ccccc4N(c4ccccc4)C3C)c(C)ccc12. The molecule has 136 heavy (non-hydrogen) atoms. The smallest absolute Gasteiger partial charge is 0.227 e. The van der Waals surface area contributed by atoms with Crippen LogP contribution in [-0.4, -0.2) is 79.8 Å². The van der Waals surface area contributed by atoms with Crippen molar-refractivity contribution in [2.75, 3.05) is 51.1 Å². The van der Waals surface area contributed by atoms with E-state index in [-0.39, 0.29) is 30.8 Å². The van der Waals surface area contributed by atoms with E-state index in [9.17, 15) is 0 Å². The molecule has 682 valence electrons. The Bertz CT molecular complexity index is 8130. The Hall–Kier alpha value is -15.6. The van der Waals surface area contributed by atoms with Crippen molar-refractivity contribution in [2.45, 2.75) is 174 Å². The molecule has 25 rings (SSSR count). The van der Waals surface area contributed by atoms with Crippen LogP contribution in [0.3, 0.4) is 0 Å². The van der Waals surface area contributed by atoms with Crippen LogP contribution < -0.4 is 44.1 Å². The number of anilines is 13. The lowest BCUT2D eigenvalue weighted by Crippen LogP contribution is -2.42. The minimum absolute atomic E-state index is 0.0898. The van der Waals surface area contributed by atoms with Gasteiger partial charge in [0.15, 0.2) is 27.9 Å². The molecule has 0 saturated carbocycles. The summed E-state index contributed by atoms with van der Waals surface area (Å²) in [5.41, 5.74) is 34.2. The normalized spacial score (nSPS) is 16.7. The minimum Gasteiger partial charge on any atom is -0.435 e. The molecular formula is C116H113N15O5. The van der Waals surface area contributed by atoms with E-state index < -0.39 is 0 Å². The summed E-state index contributed by atoms with van der Waals surface area (Å²) in [7, 11) is 2.14. The quantitative estimate of drug-likeness (QED) is 0.134. The Morgan fingerprint density at radius 1 is 0.235 bits per heavy atom. The molecule has 10 aromatic heterocycles. The van der Waals surface area contributed by atoms with Crippen molar-refractivity contribution in [3.8, 4) is 0 Å². The molecule has 0 saturated heterocycles. The van der Waals surface area contributed by atoms with Crippen molar-refractivity contribution in [3.63, 3.8) is 0 Å². The van der Waals surface area contributed by atoms with Crippen LogP contribution >= 0.6 is 0 Å². The molecule has 15 heterocycles. The van der Waals surface area contributed by atoms with E-state index in [1.807, 2.05) is 71.0 Å². The van der Waals surface area contributed by atoms with Crippen LogP contribution in [0.4, 0.5) is 73.9 Å². The van der Waals surface area contributed by atoms with Crippen molar-refractivity contribution < 1.29 is 22.1 Å². The highest BCUT2D eigenvalue weighted by atomic mass is 16.4. The van der Waals surface area contributed by atoms with Gasteiger partial charge in [-0.1, -0.05) is 133 Å². The number of aryl methyl sites for hydroxylation is 10. The van der Waals surface area contributed by atoms with Crippen molar-refractivity contribution in [1.29, 1.82) is 0 Å². The molecule has 5 atom stereocenters. The maximum absolute atomic E-state index is 6.39. The molecule has 20 heteroatoms. The van der Waals surface area contributed by atoms with Crippen molar-refractivity contribution in [2.24, 2.45) is 0 Å². The molecule has 20 aromatic rings. The molecule has 10 aromatic carbocycles. The van der Waals surface area contributed by atoms with Gasteiger partial charge in [-0.05, 0) is 281 Å². The maximum Gasteiger partial charge on any atom is 0.227 e. The number of nitrogens with zero attached hydrogens (tertiary/aromatic N) is 15. The zero-order valence-corrected chi connectivity index (χ0v) is 80.8. The number of furan rings is 5. The lowest BCUT2D eigenvalue weighted by atomic mass is 10.1. The monoisotopic (exact) mass is 1800 g/mol. The number of benzene rings is 10. The minimum atomic E-state index is 0.0898. The predicted molar refractivity (Wildman–Crippen MR) is 562 cm³/mol. The molecule has 0 fully saturated rings. The topological polar surface area (TPSA) is 163 Å². The first-order valence-electron chi connectivity index (χ1n) is 47.3. The first kappa shape index (κ1) is 87.1. The number of para-hydroxylation sites is 8. The van der Waals surface area contributed by atoms with Gasteiger partial charge in [-0.2, -0.15) is 0 Å². The van der Waals surface area contributed by atoms with Gasteiger partial charge in [0.1, 0.15) is 30.8 Å². The highest BCUT2D eigenvalue weighted by molar-refractivity contribution is 6.15. The molecule has 0 spiro atoms. The fourth-order valence-corrected chi connectivity index (χ4v) is 21.0. The molecule has 0 aliphatic carbocycles. The summed E-state index contributed by atoms with van der Waals surface area (Å²) in [6.07, 6.45) is 9.49. The molecule has 0 N–H and O–H groups in total. The second kappa shape index (κ2) is 34.5. The molecule has 0 radical (unpaired) electrons. The number of aromatic nitrogens is 5. The maximum atomic E-state index is 6.39. The van der Waals surface area contributed by atoms with Crippen LogP contribution in [-0.2, 0) is 0 Å². The van der Waals surface area contributed by atoms with Gasteiger partial charge in [0.2, 0.25) is 28.6 Å². The predicted octanol–water partition coefficient (Wildman–Crippen LogP) is 29.8. The highest BCUT2D eigenvalue weighted by Crippen LogP contribution is 2.55. The Morgan fingerprint density at radius 2 is 0.515 bits per heavy atom. The van der Waals surface area contributed by atoms with Crippen molar-refractivity contribution in [1.82, 2.24) is 29.8 Å². The van der Waals surface area contributed by atoms with Crippen LogP contribution in [0.5, 0.6) is 0 Å². The van der Waals surface area contributed by atoms with E-state index in [0.29, 0.717) is 40.7 Å². The van der Waals surface area contributed by atoms with Crippen LogP contribution in [0.2, 0.25) is 0 Å². The van der Waals surface area contributed by atoms with Crippen LogP contribution in [0.25, 0.3) is 110 Å². The van der Waals surface area contributed by atoms with Crippen LogP contribution in [0.15, 0.2) is 302 Å². The van der Waals surface area contributed by atoms with E-state index in [1.165, 1.54) is 73.3 Å². The first-order valence-corrected chi connectivity index (χ1v) is 47.3. The summed E-state index contributed by atoms with van der Waals surface area (Å²) in [6, 6.07) is 90.0. The number of rotatable bonds is 9. The van der Waals surface area contributed by atoms with Crippen LogP contribution in [0.1, 0.15) is 119 Å². The molecule has 0 bridgehead atoms. The van der Waals surface area contributed by atoms with Crippen molar-refractivity contribution in [3.05, 3.63) is 336 Å². The summed E-state index contributed by atoms with van der Waals surface area (Å²) in [6.45, 7) is 40.8. The van der Waals surface area contributed by atoms with E-state index in [2.05, 4.69) is 421 Å². The van der Waals surface area contributed by atoms with E-state index in [4.69, 9.17) is 22.1 Å². The fraction of sp³-hybridized carbons (Fsp3) is 0.233. The van der Waals surface area contributed by atoms with Gasteiger partial charge < -0.3 is 71.1 Å². The average molecular weight is 1800 g/mol. The standard InChI is InChI=1S/C27H23N3O.C24H25N3O.C23H21N3O.C22H21N3O.C20H23N3O/c1-17-13-15-21-22-16-14-18(2)28-27(22)31-26(21)25(17)30-19(3)29(20-9-5-4-6-10-20)23-11-7-8-12-24(23)30;1-14(2)26-17(5)27(21-9-7-6-8-20(21)26)22-15(3)10-12-18-19-13-11-16(4)25-24(19)28-23(18)22;1-15-9-11-19-20-12-10-16(2)24-23(20)27-22(19)21(15)26-14-13-25(17(26)3)18-7-5-4-6-8-18;1-13-9-11-16-17-12-10-14(2)23-22(17)26-21(16)20(13)25-15(3)24(4)18-7-5-6-8-19(18)25;1-12(2)22-10-11-23(15(22)5)18-13(3)6-8-16-17-9-7-14(4)21-20(17)24-19(16)18/h4-16,19H,1-3H3;6-14,17H,1-5H3;4-14,17H,1-3H3;5-12,15H,1-4H3;6-12,15H,1-5H3. The van der Waals surface area contributed by atoms with Gasteiger partial charge in [-0.25, -0.2) is 24.9 Å². The first-order chi connectivity index (χ1) is 65.8. The fourth-order valence-electron chi connectivity index (χ4n) is 21.0. The number of hydrogen-bond acceptors (Lipinski definition) is 20. The molecule has 5 aliphatic rings. The summed E-state index contributed by atoms with van der Waals surface area (Å²) >= 11 is 0. The Balaban J connectivity index is 0.000000102. The van der Waals surface area contributed by atoms with Gasteiger partial charge in [0, 0.05) is 138 Å². The third-order valence-electron chi connectivity index (χ3n) is 27.8.